The number of hydrogen-bond acceptors (Lipinski definition) is 4. The van der Waals surface area contributed by atoms with E-state index in [1.807, 2.05) is 31.3 Å². The van der Waals surface area contributed by atoms with Gasteiger partial charge in [0.25, 0.3) is 0 Å². The minimum atomic E-state index is 0.637. The van der Waals surface area contributed by atoms with Gasteiger partial charge in [-0.2, -0.15) is 0 Å². The molecule has 1 aromatic carbocycles. The van der Waals surface area contributed by atoms with Crippen molar-refractivity contribution in [3.05, 3.63) is 35.1 Å². The molecular formula is C11H14ClN5. The van der Waals surface area contributed by atoms with Crippen LogP contribution in [-0.4, -0.2) is 22.0 Å². The van der Waals surface area contributed by atoms with E-state index in [1.54, 1.807) is 16.8 Å². The molecule has 6 heteroatoms. The van der Waals surface area contributed by atoms with Crippen LogP contribution in [0.15, 0.2) is 24.4 Å². The summed E-state index contributed by atoms with van der Waals surface area (Å²) in [6, 6.07) is 5.41. The lowest BCUT2D eigenvalue weighted by molar-refractivity contribution is 0.712. The van der Waals surface area contributed by atoms with Gasteiger partial charge in [0.05, 0.1) is 17.9 Å². The largest absolute Gasteiger partial charge is 0.397 e. The Bertz CT molecular complexity index is 522. The number of aromatic nitrogens is 3. The van der Waals surface area contributed by atoms with Crippen molar-refractivity contribution in [2.24, 2.45) is 7.05 Å². The second-order valence-corrected chi connectivity index (χ2v) is 4.38. The van der Waals surface area contributed by atoms with Crippen molar-refractivity contribution in [1.82, 2.24) is 15.0 Å². The molecule has 0 aliphatic rings. The van der Waals surface area contributed by atoms with E-state index < -0.39 is 0 Å². The summed E-state index contributed by atoms with van der Waals surface area (Å²) < 4.78 is 1.67. The van der Waals surface area contributed by atoms with Gasteiger partial charge in [-0.15, -0.1) is 5.10 Å². The normalized spacial score (nSPS) is 10.5. The zero-order chi connectivity index (χ0) is 12.4. The maximum atomic E-state index is 5.95. The molecule has 5 nitrogen and oxygen atoms in total. The highest BCUT2D eigenvalue weighted by atomic mass is 35.5. The predicted molar refractivity (Wildman–Crippen MR) is 69.0 cm³/mol. The molecule has 2 N–H and O–H groups in total. The maximum Gasteiger partial charge on any atom is 0.102 e. The molecular weight excluding hydrogens is 238 g/mol. The summed E-state index contributed by atoms with van der Waals surface area (Å²) in [7, 11) is 3.78. The quantitative estimate of drug-likeness (QED) is 0.844. The van der Waals surface area contributed by atoms with E-state index in [4.69, 9.17) is 17.3 Å². The van der Waals surface area contributed by atoms with Crippen LogP contribution in [0.3, 0.4) is 0 Å². The first-order valence-electron chi connectivity index (χ1n) is 5.17. The van der Waals surface area contributed by atoms with Crippen molar-refractivity contribution in [3.63, 3.8) is 0 Å². The average molecular weight is 252 g/mol. The topological polar surface area (TPSA) is 60.0 Å². The van der Waals surface area contributed by atoms with E-state index >= 15 is 0 Å². The molecule has 2 aromatic rings. The smallest absolute Gasteiger partial charge is 0.102 e. The second kappa shape index (κ2) is 4.63. The molecule has 0 saturated carbocycles. The first-order valence-corrected chi connectivity index (χ1v) is 5.55. The van der Waals surface area contributed by atoms with Crippen LogP contribution < -0.4 is 10.6 Å². The molecule has 0 spiro atoms. The molecule has 0 saturated heterocycles. The van der Waals surface area contributed by atoms with Crippen LogP contribution in [0.5, 0.6) is 0 Å². The van der Waals surface area contributed by atoms with E-state index in [1.165, 1.54) is 0 Å². The monoisotopic (exact) mass is 251 g/mol. The minimum absolute atomic E-state index is 0.637. The van der Waals surface area contributed by atoms with E-state index in [2.05, 4.69) is 10.3 Å². The van der Waals surface area contributed by atoms with Crippen molar-refractivity contribution in [2.45, 2.75) is 6.54 Å². The Hall–Kier alpha value is -1.75. The van der Waals surface area contributed by atoms with Gasteiger partial charge in [-0.3, -0.25) is 4.68 Å². The Morgan fingerprint density at radius 3 is 2.88 bits per heavy atom. The van der Waals surface area contributed by atoms with Crippen LogP contribution in [0.25, 0.3) is 0 Å². The van der Waals surface area contributed by atoms with Crippen LogP contribution in [-0.2, 0) is 13.6 Å². The molecule has 0 aliphatic carbocycles. The fourth-order valence-corrected chi connectivity index (χ4v) is 1.81. The second-order valence-electron chi connectivity index (χ2n) is 3.94. The molecule has 90 valence electrons. The lowest BCUT2D eigenvalue weighted by atomic mass is 10.2. The summed E-state index contributed by atoms with van der Waals surface area (Å²) in [4.78, 5) is 1.99. The van der Waals surface area contributed by atoms with Gasteiger partial charge in [0.1, 0.15) is 5.69 Å². The third-order valence-electron chi connectivity index (χ3n) is 2.45. The lowest BCUT2D eigenvalue weighted by Crippen LogP contribution is -2.18. The van der Waals surface area contributed by atoms with Crippen molar-refractivity contribution >= 4 is 23.0 Å². The number of nitrogens with zero attached hydrogens (tertiary/aromatic N) is 4. The number of nitrogens with two attached hydrogens (primary N) is 1. The Labute approximate surface area is 105 Å². The Morgan fingerprint density at radius 1 is 1.47 bits per heavy atom. The van der Waals surface area contributed by atoms with E-state index in [0.29, 0.717) is 17.3 Å². The van der Waals surface area contributed by atoms with Gasteiger partial charge >= 0.3 is 0 Å². The zero-order valence-corrected chi connectivity index (χ0v) is 10.5. The molecule has 17 heavy (non-hydrogen) atoms. The first kappa shape index (κ1) is 11.7. The van der Waals surface area contributed by atoms with E-state index in [-0.39, 0.29) is 0 Å². The van der Waals surface area contributed by atoms with Gasteiger partial charge in [-0.25, -0.2) is 0 Å². The van der Waals surface area contributed by atoms with E-state index in [0.717, 1.165) is 11.4 Å². The summed E-state index contributed by atoms with van der Waals surface area (Å²) >= 11 is 5.95. The van der Waals surface area contributed by atoms with Crippen molar-refractivity contribution in [3.8, 4) is 0 Å². The Balaban J connectivity index is 2.19. The number of anilines is 2. The van der Waals surface area contributed by atoms with E-state index in [9.17, 15) is 0 Å². The molecule has 1 aromatic heterocycles. The molecule has 0 unspecified atom stereocenters. The fraction of sp³-hybridized carbons (Fsp3) is 0.273. The summed E-state index contributed by atoms with van der Waals surface area (Å²) in [5.74, 6) is 0. The standard InChI is InChI=1S/C11H14ClN5/c1-16(6-9-7-17(2)15-14-9)11-5-8(12)3-4-10(11)13/h3-5,7H,6,13H2,1-2H3. The molecule has 0 atom stereocenters. The molecule has 0 aliphatic heterocycles. The summed E-state index contributed by atoms with van der Waals surface area (Å²) in [6.07, 6.45) is 1.87. The molecule has 0 fully saturated rings. The predicted octanol–water partition coefficient (Wildman–Crippen LogP) is 1.69. The number of aryl methyl sites for hydroxylation is 1. The number of nitrogen functional groups attached to an aromatic ring is 1. The highest BCUT2D eigenvalue weighted by molar-refractivity contribution is 6.31. The van der Waals surface area contributed by atoms with Crippen LogP contribution in [0.4, 0.5) is 11.4 Å². The molecule has 1 heterocycles. The third-order valence-corrected chi connectivity index (χ3v) is 2.69. The molecule has 2 rings (SSSR count). The van der Waals surface area contributed by atoms with Gasteiger partial charge in [-0.1, -0.05) is 16.8 Å². The minimum Gasteiger partial charge on any atom is -0.397 e. The van der Waals surface area contributed by atoms with Crippen LogP contribution in [0.1, 0.15) is 5.69 Å². The fourth-order valence-electron chi connectivity index (χ4n) is 1.64. The number of hydrogen-bond donors (Lipinski definition) is 1. The average Bonchev–Trinajstić information content (AvgIpc) is 2.67. The van der Waals surface area contributed by atoms with Gasteiger partial charge in [0, 0.05) is 25.3 Å². The zero-order valence-electron chi connectivity index (χ0n) is 9.76. The van der Waals surface area contributed by atoms with Crippen molar-refractivity contribution in [1.29, 1.82) is 0 Å². The highest BCUT2D eigenvalue weighted by Gasteiger charge is 2.08. The number of rotatable bonds is 3. The van der Waals surface area contributed by atoms with Crippen LogP contribution >= 0.6 is 11.6 Å². The highest BCUT2D eigenvalue weighted by Crippen LogP contribution is 2.26. The van der Waals surface area contributed by atoms with Gasteiger partial charge in [0.2, 0.25) is 0 Å². The van der Waals surface area contributed by atoms with Crippen LogP contribution in [0.2, 0.25) is 5.02 Å². The maximum absolute atomic E-state index is 5.95. The summed E-state index contributed by atoms with van der Waals surface area (Å²) in [5.41, 5.74) is 8.38. The summed E-state index contributed by atoms with van der Waals surface area (Å²) in [5, 5.41) is 8.58. The first-order chi connectivity index (χ1) is 8.06. The summed E-state index contributed by atoms with van der Waals surface area (Å²) in [6.45, 7) is 0.637. The molecule has 0 amide bonds. The van der Waals surface area contributed by atoms with Crippen molar-refractivity contribution in [2.75, 3.05) is 17.7 Å². The van der Waals surface area contributed by atoms with Gasteiger partial charge in [-0.05, 0) is 18.2 Å². The van der Waals surface area contributed by atoms with Gasteiger partial charge < -0.3 is 10.6 Å². The van der Waals surface area contributed by atoms with Crippen LogP contribution in [0, 0.1) is 0 Å². The Morgan fingerprint density at radius 2 is 2.24 bits per heavy atom. The molecule has 0 bridgehead atoms. The number of benzene rings is 1. The van der Waals surface area contributed by atoms with Gasteiger partial charge in [0.15, 0.2) is 0 Å². The SMILES string of the molecule is CN(Cc1cn(C)nn1)c1cc(Cl)ccc1N. The number of halogens is 1. The Kier molecular flexibility index (Phi) is 3.19. The van der Waals surface area contributed by atoms with Crippen molar-refractivity contribution < 1.29 is 0 Å². The lowest BCUT2D eigenvalue weighted by Gasteiger charge is -2.19. The molecule has 0 radical (unpaired) electrons. The third kappa shape index (κ3) is 2.68.